The van der Waals surface area contributed by atoms with Gasteiger partial charge in [0.25, 0.3) is 0 Å². The molecule has 0 aromatic heterocycles. The Balaban J connectivity index is 2.14. The Kier molecular flexibility index (Phi) is 3.70. The fraction of sp³-hybridized carbons (Fsp3) is 0.600. The number of nitrogens with zero attached hydrogens (tertiary/aromatic N) is 1. The number of hydrogen-bond donors (Lipinski definition) is 1. The highest BCUT2D eigenvalue weighted by atomic mass is 32.2. The lowest BCUT2D eigenvalue weighted by Gasteiger charge is -2.30. The second-order valence-corrected chi connectivity index (χ2v) is 4.73. The minimum absolute atomic E-state index is 0.172. The van der Waals surface area contributed by atoms with Crippen LogP contribution in [0.2, 0.25) is 0 Å². The number of aliphatic imine (C=N–C) groups is 1. The zero-order valence-corrected chi connectivity index (χ0v) is 10.5. The summed E-state index contributed by atoms with van der Waals surface area (Å²) in [5.41, 5.74) is 1.84. The summed E-state index contributed by atoms with van der Waals surface area (Å²) in [6, 6.07) is 0. The molecule has 2 aliphatic heterocycles. The Morgan fingerprint density at radius 3 is 3.35 bits per heavy atom. The number of esters is 1. The molecule has 2 heterocycles. The number of rotatable bonds is 3. The SMILES string of the molecule is CONC1=NC2(COC(C)=O)C=CCOC2S1. The molecule has 6 nitrogen and oxygen atoms in total. The molecular weight excluding hydrogens is 244 g/mol. The molecule has 0 saturated heterocycles. The summed E-state index contributed by atoms with van der Waals surface area (Å²) in [5, 5.41) is 0.621. The van der Waals surface area contributed by atoms with Crippen molar-refractivity contribution in [3.05, 3.63) is 12.2 Å². The van der Waals surface area contributed by atoms with Gasteiger partial charge in [-0.3, -0.25) is 9.63 Å². The van der Waals surface area contributed by atoms with Gasteiger partial charge in [-0.15, -0.1) is 0 Å². The summed E-state index contributed by atoms with van der Waals surface area (Å²) in [7, 11) is 1.51. The third-order valence-corrected chi connectivity index (χ3v) is 3.54. The van der Waals surface area contributed by atoms with E-state index in [9.17, 15) is 4.79 Å². The van der Waals surface area contributed by atoms with Gasteiger partial charge in [0, 0.05) is 6.92 Å². The monoisotopic (exact) mass is 258 g/mol. The number of thioether (sulfide) groups is 1. The Bertz CT molecular complexity index is 371. The molecule has 0 amide bonds. The lowest BCUT2D eigenvalue weighted by Crippen LogP contribution is -2.43. The van der Waals surface area contributed by atoms with Crippen molar-refractivity contribution in [1.82, 2.24) is 5.48 Å². The minimum Gasteiger partial charge on any atom is -0.463 e. The van der Waals surface area contributed by atoms with Crippen LogP contribution in [-0.2, 0) is 19.1 Å². The average molecular weight is 258 g/mol. The largest absolute Gasteiger partial charge is 0.463 e. The highest BCUT2D eigenvalue weighted by molar-refractivity contribution is 8.14. The number of nitrogens with one attached hydrogen (secondary N) is 1. The van der Waals surface area contributed by atoms with Crippen molar-refractivity contribution >= 4 is 22.9 Å². The second kappa shape index (κ2) is 5.07. The molecular formula is C10H14N2O4S. The number of amidine groups is 1. The third kappa shape index (κ3) is 2.62. The van der Waals surface area contributed by atoms with Gasteiger partial charge in [-0.2, -0.15) is 0 Å². The number of hydroxylamine groups is 1. The maximum Gasteiger partial charge on any atom is 0.302 e. The van der Waals surface area contributed by atoms with Crippen LogP contribution in [0.25, 0.3) is 0 Å². The van der Waals surface area contributed by atoms with Crippen LogP contribution in [-0.4, -0.2) is 42.4 Å². The van der Waals surface area contributed by atoms with E-state index in [-0.39, 0.29) is 18.0 Å². The van der Waals surface area contributed by atoms with Crippen molar-refractivity contribution in [1.29, 1.82) is 0 Å². The van der Waals surface area contributed by atoms with E-state index in [2.05, 4.69) is 10.5 Å². The molecule has 2 aliphatic rings. The molecule has 0 bridgehead atoms. The van der Waals surface area contributed by atoms with E-state index in [0.717, 1.165) is 0 Å². The Morgan fingerprint density at radius 2 is 2.65 bits per heavy atom. The van der Waals surface area contributed by atoms with E-state index in [0.29, 0.717) is 11.8 Å². The summed E-state index contributed by atoms with van der Waals surface area (Å²) in [4.78, 5) is 20.2. The average Bonchev–Trinajstić information content (AvgIpc) is 2.65. The van der Waals surface area contributed by atoms with Crippen LogP contribution >= 0.6 is 11.8 Å². The molecule has 94 valence electrons. The van der Waals surface area contributed by atoms with Crippen molar-refractivity contribution in [3.8, 4) is 0 Å². The molecule has 2 unspecified atom stereocenters. The predicted molar refractivity (Wildman–Crippen MR) is 63.4 cm³/mol. The van der Waals surface area contributed by atoms with Gasteiger partial charge in [-0.25, -0.2) is 10.5 Å². The molecule has 0 saturated carbocycles. The van der Waals surface area contributed by atoms with Gasteiger partial charge < -0.3 is 9.47 Å². The van der Waals surface area contributed by atoms with Crippen LogP contribution in [0.3, 0.4) is 0 Å². The van der Waals surface area contributed by atoms with E-state index in [4.69, 9.17) is 14.3 Å². The summed E-state index contributed by atoms with van der Waals surface area (Å²) in [6.45, 7) is 2.08. The lowest BCUT2D eigenvalue weighted by atomic mass is 10.0. The van der Waals surface area contributed by atoms with Gasteiger partial charge in [0.15, 0.2) is 10.7 Å². The smallest absolute Gasteiger partial charge is 0.302 e. The van der Waals surface area contributed by atoms with Crippen molar-refractivity contribution in [2.24, 2.45) is 4.99 Å². The minimum atomic E-state index is -0.643. The highest BCUT2D eigenvalue weighted by Crippen LogP contribution is 2.39. The van der Waals surface area contributed by atoms with Crippen molar-refractivity contribution < 1.29 is 19.1 Å². The van der Waals surface area contributed by atoms with Crippen LogP contribution < -0.4 is 5.48 Å². The van der Waals surface area contributed by atoms with Crippen LogP contribution in [0.5, 0.6) is 0 Å². The van der Waals surface area contributed by atoms with Crippen molar-refractivity contribution in [2.75, 3.05) is 20.3 Å². The molecule has 2 atom stereocenters. The zero-order valence-electron chi connectivity index (χ0n) is 9.63. The first-order valence-electron chi connectivity index (χ1n) is 5.14. The van der Waals surface area contributed by atoms with Gasteiger partial charge in [-0.05, 0) is 0 Å². The normalized spacial score (nSPS) is 30.7. The Morgan fingerprint density at radius 1 is 1.82 bits per heavy atom. The van der Waals surface area contributed by atoms with Crippen molar-refractivity contribution in [3.63, 3.8) is 0 Å². The molecule has 0 fully saturated rings. The van der Waals surface area contributed by atoms with Crippen LogP contribution in [0.4, 0.5) is 0 Å². The number of carbonyl (C=O) groups excluding carboxylic acids is 1. The predicted octanol–water partition coefficient (Wildman–Crippen LogP) is 0.455. The van der Waals surface area contributed by atoms with E-state index in [1.54, 1.807) is 0 Å². The van der Waals surface area contributed by atoms with Gasteiger partial charge >= 0.3 is 5.97 Å². The Hall–Kier alpha value is -1.05. The standard InChI is InChI=1S/C10H14N2O4S/c1-7(13)16-6-10-4-3-5-15-8(10)17-9(11-10)12-14-2/h3-4,8H,5-6H2,1-2H3,(H,11,12). The number of hydrogen-bond acceptors (Lipinski definition) is 7. The zero-order chi connectivity index (χ0) is 12.3. The van der Waals surface area contributed by atoms with E-state index in [1.807, 2.05) is 12.2 Å². The maximum absolute atomic E-state index is 10.9. The molecule has 0 aromatic carbocycles. The molecule has 17 heavy (non-hydrogen) atoms. The third-order valence-electron chi connectivity index (χ3n) is 2.38. The quantitative estimate of drug-likeness (QED) is 0.450. The van der Waals surface area contributed by atoms with Crippen LogP contribution in [0.1, 0.15) is 6.92 Å². The second-order valence-electron chi connectivity index (χ2n) is 3.68. The molecule has 1 N–H and O–H groups in total. The molecule has 7 heteroatoms. The first-order chi connectivity index (χ1) is 8.16. The van der Waals surface area contributed by atoms with Crippen molar-refractivity contribution in [2.45, 2.75) is 17.9 Å². The lowest BCUT2D eigenvalue weighted by molar-refractivity contribution is -0.143. The van der Waals surface area contributed by atoms with E-state index in [1.165, 1.54) is 25.8 Å². The van der Waals surface area contributed by atoms with Gasteiger partial charge in [0.1, 0.15) is 12.0 Å². The highest BCUT2D eigenvalue weighted by Gasteiger charge is 2.46. The molecule has 0 radical (unpaired) electrons. The van der Waals surface area contributed by atoms with E-state index < -0.39 is 5.54 Å². The fourth-order valence-electron chi connectivity index (χ4n) is 1.66. The summed E-state index contributed by atoms with van der Waals surface area (Å²) < 4.78 is 10.6. The fourth-order valence-corrected chi connectivity index (χ4v) is 2.77. The molecule has 0 aliphatic carbocycles. The topological polar surface area (TPSA) is 69.1 Å². The first-order valence-corrected chi connectivity index (χ1v) is 6.02. The number of fused-ring (bicyclic) bond motifs is 1. The first kappa shape index (κ1) is 12.4. The number of carbonyl (C=O) groups is 1. The van der Waals surface area contributed by atoms with Gasteiger partial charge in [0.2, 0.25) is 0 Å². The molecule has 0 aromatic rings. The van der Waals surface area contributed by atoms with Gasteiger partial charge in [-0.1, -0.05) is 23.9 Å². The maximum atomic E-state index is 10.9. The van der Waals surface area contributed by atoms with Crippen LogP contribution in [0, 0.1) is 0 Å². The number of ether oxygens (including phenoxy) is 2. The molecule has 0 spiro atoms. The Labute approximate surface area is 103 Å². The molecule has 2 rings (SSSR count). The summed E-state index contributed by atoms with van der Waals surface area (Å²) in [6.07, 6.45) is 3.79. The summed E-state index contributed by atoms with van der Waals surface area (Å²) >= 11 is 1.42. The van der Waals surface area contributed by atoms with Crippen LogP contribution in [0.15, 0.2) is 17.1 Å². The summed E-state index contributed by atoms with van der Waals surface area (Å²) in [5.74, 6) is -0.328. The van der Waals surface area contributed by atoms with E-state index >= 15 is 0 Å². The van der Waals surface area contributed by atoms with Gasteiger partial charge in [0.05, 0.1) is 13.7 Å².